The predicted octanol–water partition coefficient (Wildman–Crippen LogP) is 0.000700. The highest BCUT2D eigenvalue weighted by molar-refractivity contribution is 5.86. The molecule has 0 saturated heterocycles. The maximum atomic E-state index is 11.4. The Balaban J connectivity index is 2.27. The average molecular weight is 201 g/mol. The van der Waals surface area contributed by atoms with Gasteiger partial charge in [-0.1, -0.05) is 0 Å². The molecule has 5 nitrogen and oxygen atoms in total. The number of hydrogen-bond acceptors (Lipinski definition) is 3. The molecule has 0 heterocycles. The van der Waals surface area contributed by atoms with E-state index in [0.29, 0.717) is 13.0 Å². The fourth-order valence-electron chi connectivity index (χ4n) is 1.23. The van der Waals surface area contributed by atoms with Gasteiger partial charge in [-0.3, -0.25) is 9.59 Å². The van der Waals surface area contributed by atoms with E-state index in [0.717, 1.165) is 0 Å². The molecule has 2 unspecified atom stereocenters. The summed E-state index contributed by atoms with van der Waals surface area (Å²) in [5.41, 5.74) is 0. The summed E-state index contributed by atoms with van der Waals surface area (Å²) in [6, 6.07) is -0.828. The van der Waals surface area contributed by atoms with Gasteiger partial charge in [0.05, 0.1) is 12.0 Å². The smallest absolute Gasteiger partial charge is 0.325 e. The van der Waals surface area contributed by atoms with Crippen LogP contribution in [0, 0.1) is 5.92 Å². The van der Waals surface area contributed by atoms with Crippen molar-refractivity contribution in [2.24, 2.45) is 5.92 Å². The highest BCUT2D eigenvalue weighted by atomic mass is 16.5. The molecule has 0 aromatic heterocycles. The zero-order chi connectivity index (χ0) is 10.7. The van der Waals surface area contributed by atoms with Crippen LogP contribution >= 0.6 is 0 Å². The van der Waals surface area contributed by atoms with Crippen molar-refractivity contribution in [1.29, 1.82) is 0 Å². The zero-order valence-electron chi connectivity index (χ0n) is 8.32. The van der Waals surface area contributed by atoms with Gasteiger partial charge in [0.15, 0.2) is 0 Å². The van der Waals surface area contributed by atoms with Crippen molar-refractivity contribution >= 4 is 11.9 Å². The lowest BCUT2D eigenvalue weighted by molar-refractivity contribution is -0.141. The Labute approximate surface area is 82.4 Å². The van der Waals surface area contributed by atoms with Gasteiger partial charge in [0, 0.05) is 6.61 Å². The van der Waals surface area contributed by atoms with Gasteiger partial charge in [-0.25, -0.2) is 0 Å². The molecular formula is C9H15NO4. The van der Waals surface area contributed by atoms with Crippen LogP contribution in [0.3, 0.4) is 0 Å². The first-order chi connectivity index (χ1) is 6.56. The minimum Gasteiger partial charge on any atom is -0.480 e. The number of carbonyl (C=O) groups excluding carboxylic acids is 1. The monoisotopic (exact) mass is 201 g/mol. The molecule has 2 N–H and O–H groups in total. The SMILES string of the molecule is CCOC1CC1C(=O)N[C@@H](C)C(=O)O. The van der Waals surface area contributed by atoms with E-state index in [4.69, 9.17) is 9.84 Å². The Morgan fingerprint density at radius 1 is 1.64 bits per heavy atom. The third-order valence-electron chi connectivity index (χ3n) is 2.18. The Morgan fingerprint density at radius 3 is 2.79 bits per heavy atom. The topological polar surface area (TPSA) is 75.6 Å². The molecule has 0 aliphatic heterocycles. The second-order valence-corrected chi connectivity index (χ2v) is 3.40. The first-order valence-corrected chi connectivity index (χ1v) is 4.71. The number of hydrogen-bond donors (Lipinski definition) is 2. The first kappa shape index (κ1) is 11.0. The van der Waals surface area contributed by atoms with Crippen molar-refractivity contribution < 1.29 is 19.4 Å². The van der Waals surface area contributed by atoms with Crippen LogP contribution in [-0.2, 0) is 14.3 Å². The van der Waals surface area contributed by atoms with E-state index in [2.05, 4.69) is 5.32 Å². The van der Waals surface area contributed by atoms with Crippen LogP contribution in [0.15, 0.2) is 0 Å². The number of nitrogens with one attached hydrogen (secondary N) is 1. The molecule has 1 saturated carbocycles. The minimum atomic E-state index is -1.02. The second kappa shape index (κ2) is 4.41. The summed E-state index contributed by atoms with van der Waals surface area (Å²) in [6.07, 6.45) is 0.687. The Morgan fingerprint density at radius 2 is 2.29 bits per heavy atom. The van der Waals surface area contributed by atoms with Crippen molar-refractivity contribution in [3.8, 4) is 0 Å². The number of carbonyl (C=O) groups is 2. The molecule has 0 aromatic carbocycles. The Bertz CT molecular complexity index is 241. The zero-order valence-corrected chi connectivity index (χ0v) is 8.32. The largest absolute Gasteiger partial charge is 0.480 e. The number of rotatable bonds is 5. The molecule has 1 fully saturated rings. The fourth-order valence-corrected chi connectivity index (χ4v) is 1.23. The Hall–Kier alpha value is -1.10. The van der Waals surface area contributed by atoms with E-state index in [1.54, 1.807) is 0 Å². The summed E-state index contributed by atoms with van der Waals surface area (Å²) in [6.45, 7) is 3.90. The lowest BCUT2D eigenvalue weighted by atomic mass is 10.3. The van der Waals surface area contributed by atoms with Crippen LogP contribution in [0.5, 0.6) is 0 Å². The fraction of sp³-hybridized carbons (Fsp3) is 0.778. The standard InChI is InChI=1S/C9H15NO4/c1-3-14-7-4-6(7)8(11)10-5(2)9(12)13/h5-7H,3-4H2,1-2H3,(H,10,11)(H,12,13)/t5-,6?,7?/m0/s1. The number of carboxylic acids is 1. The van der Waals surface area contributed by atoms with E-state index in [9.17, 15) is 9.59 Å². The molecule has 3 atom stereocenters. The van der Waals surface area contributed by atoms with Crippen LogP contribution in [0.25, 0.3) is 0 Å². The molecule has 80 valence electrons. The van der Waals surface area contributed by atoms with E-state index in [1.165, 1.54) is 6.92 Å². The minimum absolute atomic E-state index is 0.0130. The van der Waals surface area contributed by atoms with E-state index >= 15 is 0 Å². The lowest BCUT2D eigenvalue weighted by Crippen LogP contribution is -2.39. The highest BCUT2D eigenvalue weighted by Gasteiger charge is 2.44. The third kappa shape index (κ3) is 2.70. The van der Waals surface area contributed by atoms with Crippen LogP contribution in [0.4, 0.5) is 0 Å². The molecule has 1 aliphatic carbocycles. The van der Waals surface area contributed by atoms with Crippen molar-refractivity contribution in [1.82, 2.24) is 5.32 Å². The van der Waals surface area contributed by atoms with Gasteiger partial charge in [-0.2, -0.15) is 0 Å². The van der Waals surface area contributed by atoms with E-state index < -0.39 is 12.0 Å². The molecule has 5 heteroatoms. The molecule has 0 radical (unpaired) electrons. The first-order valence-electron chi connectivity index (χ1n) is 4.71. The van der Waals surface area contributed by atoms with Gasteiger partial charge in [0.25, 0.3) is 0 Å². The van der Waals surface area contributed by atoms with E-state index in [1.807, 2.05) is 6.92 Å². The maximum Gasteiger partial charge on any atom is 0.325 e. The quantitative estimate of drug-likeness (QED) is 0.656. The van der Waals surface area contributed by atoms with Gasteiger partial charge in [0.1, 0.15) is 6.04 Å². The molecule has 0 bridgehead atoms. The number of amides is 1. The van der Waals surface area contributed by atoms with Gasteiger partial charge in [-0.15, -0.1) is 0 Å². The van der Waals surface area contributed by atoms with Crippen molar-refractivity contribution in [2.75, 3.05) is 6.61 Å². The molecule has 0 aromatic rings. The molecule has 1 aliphatic rings. The van der Waals surface area contributed by atoms with Gasteiger partial charge in [-0.05, 0) is 20.3 Å². The Kier molecular flexibility index (Phi) is 3.46. The summed E-state index contributed by atoms with van der Waals surface area (Å²) < 4.78 is 5.22. The van der Waals surface area contributed by atoms with Gasteiger partial charge >= 0.3 is 5.97 Å². The molecule has 0 spiro atoms. The molecule has 14 heavy (non-hydrogen) atoms. The second-order valence-electron chi connectivity index (χ2n) is 3.40. The third-order valence-corrected chi connectivity index (χ3v) is 2.18. The van der Waals surface area contributed by atoms with E-state index in [-0.39, 0.29) is 17.9 Å². The summed E-state index contributed by atoms with van der Waals surface area (Å²) >= 11 is 0. The molecular weight excluding hydrogens is 186 g/mol. The number of ether oxygens (including phenoxy) is 1. The number of aliphatic carboxylic acids is 1. The normalized spacial score (nSPS) is 26.7. The van der Waals surface area contributed by atoms with Crippen LogP contribution in [0.2, 0.25) is 0 Å². The van der Waals surface area contributed by atoms with Crippen molar-refractivity contribution in [2.45, 2.75) is 32.4 Å². The lowest BCUT2D eigenvalue weighted by Gasteiger charge is -2.08. The van der Waals surface area contributed by atoms with Gasteiger partial charge < -0.3 is 15.2 Å². The van der Waals surface area contributed by atoms with Crippen LogP contribution < -0.4 is 5.32 Å². The summed E-state index contributed by atoms with van der Waals surface area (Å²) in [5, 5.41) is 11.0. The highest BCUT2D eigenvalue weighted by Crippen LogP contribution is 2.33. The summed E-state index contributed by atoms with van der Waals surface area (Å²) in [4.78, 5) is 21.8. The summed E-state index contributed by atoms with van der Waals surface area (Å²) in [5.74, 6) is -1.40. The molecule has 1 rings (SSSR count). The number of carboxylic acid groups (broad SMARTS) is 1. The molecule has 1 amide bonds. The predicted molar refractivity (Wildman–Crippen MR) is 48.8 cm³/mol. The van der Waals surface area contributed by atoms with Crippen LogP contribution in [-0.4, -0.2) is 35.7 Å². The van der Waals surface area contributed by atoms with Crippen LogP contribution in [0.1, 0.15) is 20.3 Å². The van der Waals surface area contributed by atoms with Crippen molar-refractivity contribution in [3.63, 3.8) is 0 Å². The van der Waals surface area contributed by atoms with Gasteiger partial charge in [0.2, 0.25) is 5.91 Å². The van der Waals surface area contributed by atoms with Crippen molar-refractivity contribution in [3.05, 3.63) is 0 Å². The summed E-state index contributed by atoms with van der Waals surface area (Å²) in [7, 11) is 0. The maximum absolute atomic E-state index is 11.4. The average Bonchev–Trinajstić information content (AvgIpc) is 2.84.